The fourth-order valence-electron chi connectivity index (χ4n) is 1.02. The number of carbonyl (C=O) groups is 1. The third-order valence-corrected chi connectivity index (χ3v) is 1.60. The largest absolute Gasteiger partial charge is 0.480 e. The molecule has 78 valence electrons. The van der Waals surface area contributed by atoms with Crippen LogP contribution in [0.3, 0.4) is 0 Å². The third kappa shape index (κ3) is 3.15. The molecule has 6 heteroatoms. The molecule has 0 bridgehead atoms. The van der Waals surface area contributed by atoms with Crippen molar-refractivity contribution in [1.29, 1.82) is 0 Å². The summed E-state index contributed by atoms with van der Waals surface area (Å²) < 4.78 is 0. The van der Waals surface area contributed by atoms with E-state index in [1.54, 1.807) is 0 Å². The number of anilines is 1. The van der Waals surface area contributed by atoms with Crippen LogP contribution in [0.5, 0.6) is 0 Å². The van der Waals surface area contributed by atoms with Gasteiger partial charge in [-0.25, -0.2) is 4.98 Å². The lowest BCUT2D eigenvalue weighted by Crippen LogP contribution is -2.31. The zero-order chi connectivity index (χ0) is 11.3. The Hall–Kier alpha value is -2.29. The molecule has 0 aromatic carbocycles. The smallest absolute Gasteiger partial charge is 0.323 e. The second-order valence-electron chi connectivity index (χ2n) is 2.72. The number of carboxylic acid groups (broad SMARTS) is 1. The second-order valence-corrected chi connectivity index (χ2v) is 2.72. The fourth-order valence-corrected chi connectivity index (χ4v) is 1.02. The van der Waals surface area contributed by atoms with Crippen LogP contribution in [-0.4, -0.2) is 34.1 Å². The molecule has 0 aliphatic heterocycles. The van der Waals surface area contributed by atoms with Gasteiger partial charge in [-0.2, -0.15) is 0 Å². The standard InChI is InChI=1S/C9H9N3O3/c1-2-3-12(5-9(14)15)7-4-8(13)11-6-10-7/h1,4,6H,3,5H2,(H,14,15)(H,10,11,13). The Morgan fingerprint density at radius 1 is 1.73 bits per heavy atom. The van der Waals surface area contributed by atoms with Gasteiger partial charge in [0, 0.05) is 6.07 Å². The van der Waals surface area contributed by atoms with Gasteiger partial charge in [0.1, 0.15) is 12.4 Å². The minimum Gasteiger partial charge on any atom is -0.480 e. The summed E-state index contributed by atoms with van der Waals surface area (Å²) in [5.41, 5.74) is -0.354. The zero-order valence-corrected chi connectivity index (χ0v) is 7.80. The van der Waals surface area contributed by atoms with E-state index in [1.807, 2.05) is 0 Å². The summed E-state index contributed by atoms with van der Waals surface area (Å²) in [5.74, 6) is 1.52. The predicted molar refractivity (Wildman–Crippen MR) is 53.5 cm³/mol. The Labute approximate surface area is 85.6 Å². The second kappa shape index (κ2) is 4.81. The van der Waals surface area contributed by atoms with Gasteiger partial charge in [0.15, 0.2) is 0 Å². The van der Waals surface area contributed by atoms with Crippen LogP contribution in [0.1, 0.15) is 0 Å². The minimum atomic E-state index is -1.03. The molecule has 1 aromatic rings. The first-order valence-electron chi connectivity index (χ1n) is 4.08. The van der Waals surface area contributed by atoms with Gasteiger partial charge in [-0.05, 0) is 0 Å². The summed E-state index contributed by atoms with van der Waals surface area (Å²) in [4.78, 5) is 29.0. The van der Waals surface area contributed by atoms with Crippen LogP contribution in [0.15, 0.2) is 17.2 Å². The highest BCUT2D eigenvalue weighted by atomic mass is 16.4. The number of hydrogen-bond acceptors (Lipinski definition) is 4. The number of nitrogens with one attached hydrogen (secondary N) is 1. The summed E-state index contributed by atoms with van der Waals surface area (Å²) in [6.45, 7) is -0.205. The van der Waals surface area contributed by atoms with E-state index < -0.39 is 5.97 Å². The molecule has 0 saturated carbocycles. The maximum absolute atomic E-state index is 11.0. The first-order valence-corrected chi connectivity index (χ1v) is 4.08. The van der Waals surface area contributed by atoms with E-state index in [2.05, 4.69) is 15.9 Å². The molecule has 0 radical (unpaired) electrons. The first kappa shape index (κ1) is 10.8. The fraction of sp³-hybridized carbons (Fsp3) is 0.222. The Bertz CT molecular complexity index is 446. The van der Waals surface area contributed by atoms with Crippen molar-refractivity contribution in [1.82, 2.24) is 9.97 Å². The van der Waals surface area contributed by atoms with Crippen molar-refractivity contribution in [2.45, 2.75) is 0 Å². The average molecular weight is 207 g/mol. The average Bonchev–Trinajstić information content (AvgIpc) is 2.16. The number of aromatic nitrogens is 2. The van der Waals surface area contributed by atoms with E-state index in [1.165, 1.54) is 17.3 Å². The highest BCUT2D eigenvalue weighted by Gasteiger charge is 2.10. The lowest BCUT2D eigenvalue weighted by Gasteiger charge is -2.17. The highest BCUT2D eigenvalue weighted by Crippen LogP contribution is 2.04. The van der Waals surface area contributed by atoms with E-state index in [9.17, 15) is 9.59 Å². The molecule has 0 unspecified atom stereocenters. The molecule has 0 saturated heterocycles. The summed E-state index contributed by atoms with van der Waals surface area (Å²) >= 11 is 0. The molecular weight excluding hydrogens is 198 g/mol. The van der Waals surface area contributed by atoms with Crippen LogP contribution in [0, 0.1) is 12.3 Å². The van der Waals surface area contributed by atoms with E-state index in [4.69, 9.17) is 11.5 Å². The number of nitrogens with zero attached hydrogens (tertiary/aromatic N) is 2. The number of aliphatic carboxylic acids is 1. The van der Waals surface area contributed by atoms with Gasteiger partial charge in [-0.1, -0.05) is 5.92 Å². The van der Waals surface area contributed by atoms with E-state index in [0.29, 0.717) is 0 Å². The number of terminal acetylenes is 1. The van der Waals surface area contributed by atoms with Crippen LogP contribution in [0.25, 0.3) is 0 Å². The lowest BCUT2D eigenvalue weighted by molar-refractivity contribution is -0.135. The Kier molecular flexibility index (Phi) is 3.46. The number of aromatic amines is 1. The molecule has 0 fully saturated rings. The maximum atomic E-state index is 11.0. The van der Waals surface area contributed by atoms with Crippen molar-refractivity contribution in [3.05, 3.63) is 22.7 Å². The predicted octanol–water partition coefficient (Wildman–Crippen LogP) is -0.706. The van der Waals surface area contributed by atoms with Gasteiger partial charge in [-0.15, -0.1) is 6.42 Å². The summed E-state index contributed by atoms with van der Waals surface area (Å²) in [6.07, 6.45) is 6.28. The van der Waals surface area contributed by atoms with Crippen molar-refractivity contribution >= 4 is 11.8 Å². The number of carboxylic acids is 1. The van der Waals surface area contributed by atoms with Gasteiger partial charge in [0.25, 0.3) is 5.56 Å². The van der Waals surface area contributed by atoms with Crippen LogP contribution in [-0.2, 0) is 4.79 Å². The molecule has 0 aliphatic carbocycles. The SMILES string of the molecule is C#CCN(CC(=O)O)c1cc(=O)[nH]cn1. The molecule has 0 spiro atoms. The van der Waals surface area contributed by atoms with Crippen LogP contribution in [0.4, 0.5) is 5.82 Å². The van der Waals surface area contributed by atoms with Gasteiger partial charge >= 0.3 is 5.97 Å². The minimum absolute atomic E-state index is 0.0861. The molecule has 6 nitrogen and oxygen atoms in total. The molecule has 0 atom stereocenters. The van der Waals surface area contributed by atoms with Gasteiger partial charge < -0.3 is 15.0 Å². The van der Waals surface area contributed by atoms with Gasteiger partial charge in [-0.3, -0.25) is 9.59 Å². The molecule has 15 heavy (non-hydrogen) atoms. The number of rotatable bonds is 4. The van der Waals surface area contributed by atoms with Gasteiger partial charge in [0.05, 0.1) is 12.9 Å². The Morgan fingerprint density at radius 2 is 2.47 bits per heavy atom. The Balaban J connectivity index is 2.94. The highest BCUT2D eigenvalue weighted by molar-refractivity contribution is 5.73. The molecule has 1 aromatic heterocycles. The lowest BCUT2D eigenvalue weighted by atomic mass is 10.4. The van der Waals surface area contributed by atoms with Crippen molar-refractivity contribution in [3.8, 4) is 12.3 Å². The third-order valence-electron chi connectivity index (χ3n) is 1.60. The first-order chi connectivity index (χ1) is 7.13. The summed E-state index contributed by atoms with van der Waals surface area (Å²) in [6, 6.07) is 1.19. The molecule has 0 amide bonds. The quantitative estimate of drug-likeness (QED) is 0.637. The summed E-state index contributed by atoms with van der Waals surface area (Å²) in [5, 5.41) is 8.62. The van der Waals surface area contributed by atoms with Crippen molar-refractivity contribution in [2.75, 3.05) is 18.0 Å². The van der Waals surface area contributed by atoms with Gasteiger partial charge in [0.2, 0.25) is 0 Å². The van der Waals surface area contributed by atoms with Crippen LogP contribution < -0.4 is 10.5 Å². The normalized spacial score (nSPS) is 9.27. The molecular formula is C9H9N3O3. The van der Waals surface area contributed by atoms with Crippen molar-refractivity contribution < 1.29 is 9.90 Å². The molecule has 0 aliphatic rings. The summed E-state index contributed by atoms with van der Waals surface area (Å²) in [7, 11) is 0. The monoisotopic (exact) mass is 207 g/mol. The Morgan fingerprint density at radius 3 is 3.00 bits per heavy atom. The van der Waals surface area contributed by atoms with Crippen molar-refractivity contribution in [2.24, 2.45) is 0 Å². The zero-order valence-electron chi connectivity index (χ0n) is 7.80. The van der Waals surface area contributed by atoms with E-state index in [-0.39, 0.29) is 24.5 Å². The van der Waals surface area contributed by atoms with Crippen LogP contribution >= 0.6 is 0 Å². The van der Waals surface area contributed by atoms with Crippen LogP contribution in [0.2, 0.25) is 0 Å². The van der Waals surface area contributed by atoms with E-state index >= 15 is 0 Å². The molecule has 2 N–H and O–H groups in total. The molecule has 1 heterocycles. The number of H-pyrrole nitrogens is 1. The topological polar surface area (TPSA) is 86.3 Å². The maximum Gasteiger partial charge on any atom is 0.323 e. The number of hydrogen-bond donors (Lipinski definition) is 2. The van der Waals surface area contributed by atoms with Crippen molar-refractivity contribution in [3.63, 3.8) is 0 Å². The molecule has 1 rings (SSSR count). The van der Waals surface area contributed by atoms with E-state index in [0.717, 1.165) is 0 Å².